The molecule has 0 heterocycles. The summed E-state index contributed by atoms with van der Waals surface area (Å²) in [5, 5.41) is 1.06. The van der Waals surface area contributed by atoms with Crippen molar-refractivity contribution in [2.45, 2.75) is 6.61 Å². The molecule has 3 nitrogen and oxygen atoms in total. The number of halogens is 2. The molecule has 0 amide bonds. The number of hydrogen-bond acceptors (Lipinski definition) is 3. The minimum atomic E-state index is 0.324. The second kappa shape index (κ2) is 6.04. The smallest absolute Gasteiger partial charge is 0.125 e. The van der Waals surface area contributed by atoms with Crippen molar-refractivity contribution in [3.05, 3.63) is 52.0 Å². The average Bonchev–Trinajstić information content (AvgIpc) is 2.35. The van der Waals surface area contributed by atoms with E-state index in [0.29, 0.717) is 28.1 Å². The van der Waals surface area contributed by atoms with Gasteiger partial charge in [-0.15, -0.1) is 0 Å². The van der Waals surface area contributed by atoms with Gasteiger partial charge in [-0.2, -0.15) is 0 Å². The molecule has 0 spiro atoms. The van der Waals surface area contributed by atoms with E-state index in [2.05, 4.69) is 0 Å². The molecule has 0 aromatic heterocycles. The predicted octanol–water partition coefficient (Wildman–Crippen LogP) is 4.16. The van der Waals surface area contributed by atoms with Gasteiger partial charge in [-0.05, 0) is 36.4 Å². The molecule has 0 aliphatic heterocycles. The zero-order valence-corrected chi connectivity index (χ0v) is 11.8. The Morgan fingerprint density at radius 3 is 2.37 bits per heavy atom. The summed E-state index contributed by atoms with van der Waals surface area (Å²) in [6, 6.07) is 10.4. The number of benzene rings is 2. The lowest BCUT2D eigenvalue weighted by molar-refractivity contribution is 0.297. The number of nitrogens with two attached hydrogens (primary N) is 1. The van der Waals surface area contributed by atoms with Crippen LogP contribution in [0.1, 0.15) is 5.56 Å². The number of methoxy groups -OCH3 is 1. The molecule has 0 radical (unpaired) electrons. The van der Waals surface area contributed by atoms with E-state index in [4.69, 9.17) is 38.4 Å². The summed E-state index contributed by atoms with van der Waals surface area (Å²) >= 11 is 11.8. The number of hydrogen-bond donors (Lipinski definition) is 1. The largest absolute Gasteiger partial charge is 0.496 e. The van der Waals surface area contributed by atoms with E-state index in [9.17, 15) is 0 Å². The van der Waals surface area contributed by atoms with Crippen LogP contribution >= 0.6 is 23.2 Å². The summed E-state index contributed by atoms with van der Waals surface area (Å²) in [7, 11) is 1.60. The van der Waals surface area contributed by atoms with Crippen LogP contribution in [0.3, 0.4) is 0 Å². The predicted molar refractivity (Wildman–Crippen MR) is 78.2 cm³/mol. The van der Waals surface area contributed by atoms with Crippen molar-refractivity contribution in [2.24, 2.45) is 0 Å². The van der Waals surface area contributed by atoms with E-state index in [1.54, 1.807) is 37.4 Å². The summed E-state index contributed by atoms with van der Waals surface area (Å²) in [4.78, 5) is 0. The second-order valence-corrected chi connectivity index (χ2v) is 4.84. The van der Waals surface area contributed by atoms with E-state index in [0.717, 1.165) is 11.3 Å². The Bertz CT molecular complexity index is 567. The van der Waals surface area contributed by atoms with Gasteiger partial charge >= 0.3 is 0 Å². The van der Waals surface area contributed by atoms with Crippen molar-refractivity contribution >= 4 is 28.9 Å². The number of ether oxygens (including phenoxy) is 2. The van der Waals surface area contributed by atoms with Crippen LogP contribution in [0.5, 0.6) is 11.5 Å². The van der Waals surface area contributed by atoms with Crippen LogP contribution in [0.2, 0.25) is 10.0 Å². The third-order valence-corrected chi connectivity index (χ3v) is 2.97. The monoisotopic (exact) mass is 297 g/mol. The lowest BCUT2D eigenvalue weighted by Gasteiger charge is -2.11. The molecule has 0 saturated carbocycles. The normalized spacial score (nSPS) is 10.3. The highest BCUT2D eigenvalue weighted by atomic mass is 35.5. The Morgan fingerprint density at radius 2 is 1.74 bits per heavy atom. The van der Waals surface area contributed by atoms with Crippen LogP contribution in [0.15, 0.2) is 36.4 Å². The van der Waals surface area contributed by atoms with Gasteiger partial charge in [0.15, 0.2) is 0 Å². The van der Waals surface area contributed by atoms with Crippen molar-refractivity contribution in [3.8, 4) is 11.5 Å². The van der Waals surface area contributed by atoms with E-state index in [1.807, 2.05) is 6.07 Å². The standard InChI is InChI=1S/C14H13Cl2NO2/c1-18-14-3-2-12(17)4-9(14)8-19-13-6-10(15)5-11(16)7-13/h2-7H,8,17H2,1H3. The minimum absolute atomic E-state index is 0.324. The van der Waals surface area contributed by atoms with Crippen LogP contribution in [-0.2, 0) is 6.61 Å². The topological polar surface area (TPSA) is 44.5 Å². The summed E-state index contributed by atoms with van der Waals surface area (Å²) < 4.78 is 10.9. The molecule has 2 aromatic rings. The van der Waals surface area contributed by atoms with Gasteiger partial charge in [0.25, 0.3) is 0 Å². The molecule has 0 aliphatic rings. The summed E-state index contributed by atoms with van der Waals surface area (Å²) in [5.41, 5.74) is 7.26. The highest BCUT2D eigenvalue weighted by Crippen LogP contribution is 2.27. The average molecular weight is 298 g/mol. The molecule has 2 aromatic carbocycles. The molecule has 0 unspecified atom stereocenters. The van der Waals surface area contributed by atoms with Crippen LogP contribution in [-0.4, -0.2) is 7.11 Å². The third-order valence-electron chi connectivity index (χ3n) is 2.53. The molecular formula is C14H13Cl2NO2. The maximum atomic E-state index is 5.91. The van der Waals surface area contributed by atoms with Gasteiger partial charge in [-0.25, -0.2) is 0 Å². The van der Waals surface area contributed by atoms with Gasteiger partial charge in [0.1, 0.15) is 18.1 Å². The fourth-order valence-electron chi connectivity index (χ4n) is 1.68. The van der Waals surface area contributed by atoms with Gasteiger partial charge in [-0.3, -0.25) is 0 Å². The van der Waals surface area contributed by atoms with Gasteiger partial charge in [-0.1, -0.05) is 23.2 Å². The Kier molecular flexibility index (Phi) is 4.40. The van der Waals surface area contributed by atoms with E-state index in [1.165, 1.54) is 0 Å². The van der Waals surface area contributed by atoms with Crippen LogP contribution in [0.4, 0.5) is 5.69 Å². The molecule has 0 fully saturated rings. The Balaban J connectivity index is 2.16. The Labute approximate surface area is 121 Å². The number of rotatable bonds is 4. The first-order valence-electron chi connectivity index (χ1n) is 5.60. The summed E-state index contributed by atoms with van der Waals surface area (Å²) in [6.07, 6.45) is 0. The van der Waals surface area contributed by atoms with E-state index >= 15 is 0 Å². The molecule has 0 aliphatic carbocycles. The molecule has 0 saturated heterocycles. The number of nitrogen functional groups attached to an aromatic ring is 1. The van der Waals surface area contributed by atoms with Gasteiger partial charge in [0.05, 0.1) is 7.11 Å². The molecule has 0 atom stereocenters. The zero-order valence-electron chi connectivity index (χ0n) is 10.3. The lowest BCUT2D eigenvalue weighted by Crippen LogP contribution is -2.00. The maximum absolute atomic E-state index is 5.91. The molecule has 100 valence electrons. The molecule has 5 heteroatoms. The van der Waals surface area contributed by atoms with Crippen molar-refractivity contribution in [1.82, 2.24) is 0 Å². The fourth-order valence-corrected chi connectivity index (χ4v) is 2.19. The van der Waals surface area contributed by atoms with Crippen LogP contribution in [0, 0.1) is 0 Å². The first-order chi connectivity index (χ1) is 9.08. The maximum Gasteiger partial charge on any atom is 0.125 e. The highest BCUT2D eigenvalue weighted by molar-refractivity contribution is 6.34. The summed E-state index contributed by atoms with van der Waals surface area (Å²) in [6.45, 7) is 0.324. The fraction of sp³-hybridized carbons (Fsp3) is 0.143. The summed E-state index contributed by atoms with van der Waals surface area (Å²) in [5.74, 6) is 1.32. The molecule has 2 N–H and O–H groups in total. The third kappa shape index (κ3) is 3.69. The van der Waals surface area contributed by atoms with E-state index < -0.39 is 0 Å². The van der Waals surface area contributed by atoms with Crippen molar-refractivity contribution in [2.75, 3.05) is 12.8 Å². The zero-order chi connectivity index (χ0) is 13.8. The Hall–Kier alpha value is -1.58. The van der Waals surface area contributed by atoms with Gasteiger partial charge in [0.2, 0.25) is 0 Å². The quantitative estimate of drug-likeness (QED) is 0.862. The van der Waals surface area contributed by atoms with Crippen LogP contribution < -0.4 is 15.2 Å². The highest BCUT2D eigenvalue weighted by Gasteiger charge is 2.05. The SMILES string of the molecule is COc1ccc(N)cc1COc1cc(Cl)cc(Cl)c1. The first-order valence-corrected chi connectivity index (χ1v) is 6.35. The molecule has 19 heavy (non-hydrogen) atoms. The van der Waals surface area contributed by atoms with Gasteiger partial charge in [0, 0.05) is 21.3 Å². The van der Waals surface area contributed by atoms with Crippen molar-refractivity contribution in [1.29, 1.82) is 0 Å². The molecular weight excluding hydrogens is 285 g/mol. The van der Waals surface area contributed by atoms with Gasteiger partial charge < -0.3 is 15.2 Å². The number of anilines is 1. The lowest BCUT2D eigenvalue weighted by atomic mass is 10.2. The minimum Gasteiger partial charge on any atom is -0.496 e. The second-order valence-electron chi connectivity index (χ2n) is 3.97. The Morgan fingerprint density at radius 1 is 1.05 bits per heavy atom. The van der Waals surface area contributed by atoms with Crippen LogP contribution in [0.25, 0.3) is 0 Å². The van der Waals surface area contributed by atoms with Crippen molar-refractivity contribution < 1.29 is 9.47 Å². The molecule has 2 rings (SSSR count). The van der Waals surface area contributed by atoms with E-state index in [-0.39, 0.29) is 0 Å². The first kappa shape index (κ1) is 13.8. The van der Waals surface area contributed by atoms with Crippen molar-refractivity contribution in [3.63, 3.8) is 0 Å². The molecule has 0 bridgehead atoms.